The van der Waals surface area contributed by atoms with Gasteiger partial charge >= 0.3 is 0 Å². The topological polar surface area (TPSA) is 221 Å². The molecule has 0 bridgehead atoms. The van der Waals surface area contributed by atoms with Crippen molar-refractivity contribution in [1.82, 2.24) is 51.8 Å². The monoisotopic (exact) mass is 736 g/mol. The second-order valence-electron chi connectivity index (χ2n) is 15.0. The van der Waals surface area contributed by atoms with Crippen LogP contribution in [-0.2, 0) is 35.2 Å². The largest absolute Gasteiger partial charge is 0.344 e. The number of hydrogen-bond donors (Lipinski definition) is 5. The third-order valence-electron chi connectivity index (χ3n) is 10.4. The summed E-state index contributed by atoms with van der Waals surface area (Å²) in [6.45, 7) is 11.3. The van der Waals surface area contributed by atoms with Crippen molar-refractivity contribution < 1.29 is 28.8 Å². The normalized spacial score (nSPS) is 20.3. The summed E-state index contributed by atoms with van der Waals surface area (Å²) < 4.78 is 0. The summed E-state index contributed by atoms with van der Waals surface area (Å²) in [5.41, 5.74) is 0.784. The highest BCUT2D eigenvalue weighted by Gasteiger charge is 2.51. The maximum atomic E-state index is 14.4. The molecule has 5 N–H and O–H groups in total. The SMILES string of the molecule is CCCC(NC(=O)C1[C@H]2CCC[C@H]2CN1C(=O)[C@@H](NC(=O)[C@H](NC(=O)CCCCc1nn[nH]n1)C(C)C)C(C)C)C(=O)C(=O)N[C@H](C)c1ccncc1. The number of H-pyrrole nitrogens is 1. The predicted molar refractivity (Wildman–Crippen MR) is 194 cm³/mol. The van der Waals surface area contributed by atoms with E-state index in [1.54, 1.807) is 36.4 Å². The van der Waals surface area contributed by atoms with Gasteiger partial charge in [0.1, 0.15) is 18.1 Å². The third kappa shape index (κ3) is 10.9. The molecule has 2 unspecified atom stereocenters. The van der Waals surface area contributed by atoms with E-state index in [2.05, 4.69) is 46.9 Å². The number of aryl methyl sites for hydroxylation is 1. The Morgan fingerprint density at radius 1 is 0.906 bits per heavy atom. The molecule has 290 valence electrons. The van der Waals surface area contributed by atoms with Crippen LogP contribution in [0, 0.1) is 23.7 Å². The lowest BCUT2D eigenvalue weighted by Gasteiger charge is -2.34. The van der Waals surface area contributed by atoms with E-state index in [0.717, 1.165) is 24.8 Å². The smallest absolute Gasteiger partial charge is 0.290 e. The number of nitrogens with zero attached hydrogens (tertiary/aromatic N) is 5. The van der Waals surface area contributed by atoms with Crippen LogP contribution in [0.5, 0.6) is 0 Å². The second-order valence-corrected chi connectivity index (χ2v) is 15.0. The number of unbranched alkanes of at least 4 members (excludes halogenated alkanes) is 1. The van der Waals surface area contributed by atoms with Crippen LogP contribution in [0.3, 0.4) is 0 Å². The molecular formula is C37H56N10O6. The van der Waals surface area contributed by atoms with E-state index in [-0.39, 0.29) is 48.3 Å². The molecule has 5 amide bonds. The summed E-state index contributed by atoms with van der Waals surface area (Å²) in [7, 11) is 0. The second kappa shape index (κ2) is 19.4. The zero-order valence-electron chi connectivity index (χ0n) is 31.8. The molecule has 0 spiro atoms. The molecule has 16 heteroatoms. The first-order valence-electron chi connectivity index (χ1n) is 19.0. The summed E-state index contributed by atoms with van der Waals surface area (Å²) in [5.74, 6) is -3.20. The van der Waals surface area contributed by atoms with Gasteiger partial charge in [-0.3, -0.25) is 33.8 Å². The average molecular weight is 737 g/mol. The van der Waals surface area contributed by atoms with Crippen molar-refractivity contribution >= 4 is 35.3 Å². The Labute approximate surface area is 311 Å². The number of aromatic amines is 1. The van der Waals surface area contributed by atoms with Gasteiger partial charge in [0.2, 0.25) is 29.4 Å². The van der Waals surface area contributed by atoms with Crippen LogP contribution in [0.2, 0.25) is 0 Å². The zero-order valence-corrected chi connectivity index (χ0v) is 31.8. The molecule has 7 atom stereocenters. The number of hydrogen-bond acceptors (Lipinski definition) is 10. The summed E-state index contributed by atoms with van der Waals surface area (Å²) in [6.07, 6.45) is 8.56. The molecule has 4 rings (SSSR count). The van der Waals surface area contributed by atoms with Crippen LogP contribution in [0.15, 0.2) is 24.5 Å². The molecule has 0 radical (unpaired) electrons. The molecule has 16 nitrogen and oxygen atoms in total. The van der Waals surface area contributed by atoms with Crippen molar-refractivity contribution in [1.29, 1.82) is 0 Å². The van der Waals surface area contributed by atoms with E-state index in [9.17, 15) is 28.8 Å². The Kier molecular flexibility index (Phi) is 15.0. The van der Waals surface area contributed by atoms with Crippen LogP contribution < -0.4 is 21.3 Å². The minimum Gasteiger partial charge on any atom is -0.344 e. The van der Waals surface area contributed by atoms with Crippen molar-refractivity contribution in [2.45, 2.75) is 130 Å². The van der Waals surface area contributed by atoms with Crippen LogP contribution in [0.1, 0.15) is 110 Å². The summed E-state index contributed by atoms with van der Waals surface area (Å²) in [4.78, 5) is 87.1. The lowest BCUT2D eigenvalue weighted by Crippen LogP contribution is -2.60. The number of ketones is 1. The Morgan fingerprint density at radius 2 is 1.62 bits per heavy atom. The number of likely N-dealkylation sites (tertiary alicyclic amines) is 1. The number of Topliss-reactive ketones (excluding diaryl/α,β-unsaturated/α-hetero) is 1. The van der Waals surface area contributed by atoms with Crippen LogP contribution in [0.4, 0.5) is 0 Å². The molecule has 2 aromatic heterocycles. The van der Waals surface area contributed by atoms with Gasteiger partial charge in [-0.2, -0.15) is 5.21 Å². The maximum absolute atomic E-state index is 14.4. The fraction of sp³-hybridized carbons (Fsp3) is 0.676. The van der Waals surface area contributed by atoms with Gasteiger partial charge in [-0.1, -0.05) is 52.7 Å². The number of aromatic nitrogens is 5. The van der Waals surface area contributed by atoms with Gasteiger partial charge in [-0.05, 0) is 80.4 Å². The fourth-order valence-electron chi connectivity index (χ4n) is 7.42. The highest BCUT2D eigenvalue weighted by atomic mass is 16.2. The summed E-state index contributed by atoms with van der Waals surface area (Å²) in [5, 5.41) is 25.1. The van der Waals surface area contributed by atoms with Gasteiger partial charge in [0.05, 0.1) is 12.1 Å². The van der Waals surface area contributed by atoms with Gasteiger partial charge in [0.25, 0.3) is 5.91 Å². The number of rotatable bonds is 19. The van der Waals surface area contributed by atoms with E-state index < -0.39 is 53.7 Å². The van der Waals surface area contributed by atoms with E-state index in [1.807, 2.05) is 34.6 Å². The highest BCUT2D eigenvalue weighted by molar-refractivity contribution is 6.38. The number of tetrazole rings is 1. The van der Waals surface area contributed by atoms with Gasteiger partial charge in [-0.25, -0.2) is 0 Å². The number of amides is 5. The van der Waals surface area contributed by atoms with Crippen molar-refractivity contribution in [2.75, 3.05) is 6.54 Å². The molecular weight excluding hydrogens is 680 g/mol. The number of carbonyl (C=O) groups is 6. The first-order valence-corrected chi connectivity index (χ1v) is 19.0. The minimum absolute atomic E-state index is 0.103. The van der Waals surface area contributed by atoms with Crippen molar-refractivity contribution in [2.24, 2.45) is 23.7 Å². The Balaban J connectivity index is 1.42. The Morgan fingerprint density at radius 3 is 2.26 bits per heavy atom. The van der Waals surface area contributed by atoms with E-state index in [4.69, 9.17) is 0 Å². The number of carbonyl (C=O) groups excluding carboxylic acids is 6. The van der Waals surface area contributed by atoms with Gasteiger partial charge in [0, 0.05) is 31.8 Å². The number of fused-ring (bicyclic) bond motifs is 1. The third-order valence-corrected chi connectivity index (χ3v) is 10.4. The number of pyridine rings is 1. The molecule has 1 saturated carbocycles. The molecule has 2 aromatic rings. The van der Waals surface area contributed by atoms with Crippen molar-refractivity contribution in [3.8, 4) is 0 Å². The molecule has 1 saturated heterocycles. The standard InChI is InChI=1S/C37H56N10O6/c1-7-11-27(33(49)36(52)39-23(6)24-16-18-38-19-17-24)40-35(51)32-26-13-10-12-25(26)20-47(32)37(53)31(22(4)5)42-34(50)30(21(2)3)41-29(48)15-9-8-14-28-43-45-46-44-28/h16-19,21-23,25-27,30-32H,7-15,20H2,1-6H3,(H,39,52)(H,40,51)(H,41,48)(H,42,50)(H,43,44,45,46)/t23-,25+,26+,27?,30-,31+,32?/m1/s1. The molecule has 2 aliphatic rings. The Bertz CT molecular complexity index is 1550. The molecule has 0 aromatic carbocycles. The highest BCUT2D eigenvalue weighted by Crippen LogP contribution is 2.42. The molecule has 1 aliphatic carbocycles. The van der Waals surface area contributed by atoms with Crippen molar-refractivity contribution in [3.05, 3.63) is 35.9 Å². The Hall–Kier alpha value is -4.76. The quantitative estimate of drug-likeness (QED) is 0.104. The minimum atomic E-state index is -1.07. The van der Waals surface area contributed by atoms with E-state index >= 15 is 0 Å². The first kappa shape index (κ1) is 41.0. The van der Waals surface area contributed by atoms with Crippen LogP contribution in [-0.4, -0.2) is 96.5 Å². The lowest BCUT2D eigenvalue weighted by atomic mass is 9.92. The maximum Gasteiger partial charge on any atom is 0.290 e. The number of nitrogens with one attached hydrogen (secondary N) is 5. The van der Waals surface area contributed by atoms with E-state index in [0.29, 0.717) is 38.1 Å². The fourth-order valence-corrected chi connectivity index (χ4v) is 7.42. The molecule has 3 heterocycles. The molecule has 1 aliphatic heterocycles. The van der Waals surface area contributed by atoms with E-state index in [1.165, 1.54) is 0 Å². The van der Waals surface area contributed by atoms with Crippen molar-refractivity contribution in [3.63, 3.8) is 0 Å². The first-order chi connectivity index (χ1) is 25.3. The average Bonchev–Trinajstić information content (AvgIpc) is 3.89. The van der Waals surface area contributed by atoms with Crippen LogP contribution >= 0.6 is 0 Å². The lowest BCUT2D eigenvalue weighted by molar-refractivity contribution is -0.145. The predicted octanol–water partition coefficient (Wildman–Crippen LogP) is 1.95. The van der Waals surface area contributed by atoms with Crippen LogP contribution in [0.25, 0.3) is 0 Å². The molecule has 53 heavy (non-hydrogen) atoms. The van der Waals surface area contributed by atoms with Gasteiger partial charge < -0.3 is 26.2 Å². The van der Waals surface area contributed by atoms with Gasteiger partial charge in [0.15, 0.2) is 5.82 Å². The molecule has 2 fully saturated rings. The summed E-state index contributed by atoms with van der Waals surface area (Å²) in [6, 6.07) is -0.705. The van der Waals surface area contributed by atoms with Gasteiger partial charge in [-0.15, -0.1) is 10.2 Å². The summed E-state index contributed by atoms with van der Waals surface area (Å²) >= 11 is 0. The zero-order chi connectivity index (χ0) is 38.7.